The van der Waals surface area contributed by atoms with Gasteiger partial charge < -0.3 is 11.1 Å². The Hall–Kier alpha value is -1.81. The number of hydrogen-bond donors (Lipinski definition) is 2. The number of benzene rings is 1. The summed E-state index contributed by atoms with van der Waals surface area (Å²) in [6.07, 6.45) is 0. The number of thiophene rings is 1. The van der Waals surface area contributed by atoms with Gasteiger partial charge in [-0.05, 0) is 50.2 Å². The first-order chi connectivity index (χ1) is 8.56. The maximum Gasteiger partial charge on any atom is 0.248 e. The average molecular weight is 260 g/mol. The lowest BCUT2D eigenvalue weighted by atomic mass is 10.2. The van der Waals surface area contributed by atoms with E-state index in [1.54, 1.807) is 23.5 Å². The van der Waals surface area contributed by atoms with Crippen LogP contribution in [0.15, 0.2) is 36.4 Å². The van der Waals surface area contributed by atoms with Gasteiger partial charge in [0.2, 0.25) is 5.91 Å². The minimum atomic E-state index is -0.400. The van der Waals surface area contributed by atoms with Crippen molar-refractivity contribution in [2.24, 2.45) is 5.73 Å². The standard InChI is InChI=1S/C14H16N2OS/c1-9-3-8-13(18-9)10(2)16-12-6-4-11(5-7-12)14(15)17/h3-8,10,16H,1-2H3,(H2,15,17). The van der Waals surface area contributed by atoms with Crippen LogP contribution < -0.4 is 11.1 Å². The lowest BCUT2D eigenvalue weighted by Crippen LogP contribution is -2.11. The van der Waals surface area contributed by atoms with E-state index in [1.165, 1.54) is 9.75 Å². The summed E-state index contributed by atoms with van der Waals surface area (Å²) in [5.74, 6) is -0.400. The van der Waals surface area contributed by atoms with Crippen molar-refractivity contribution in [3.63, 3.8) is 0 Å². The van der Waals surface area contributed by atoms with Gasteiger partial charge in [0.15, 0.2) is 0 Å². The number of primary amides is 1. The SMILES string of the molecule is Cc1ccc(C(C)Nc2ccc(C(N)=O)cc2)s1. The van der Waals surface area contributed by atoms with E-state index in [0.717, 1.165) is 5.69 Å². The highest BCUT2D eigenvalue weighted by molar-refractivity contribution is 7.12. The quantitative estimate of drug-likeness (QED) is 0.886. The molecule has 0 aliphatic heterocycles. The van der Waals surface area contributed by atoms with Crippen molar-refractivity contribution in [3.05, 3.63) is 51.7 Å². The van der Waals surface area contributed by atoms with Crippen molar-refractivity contribution in [2.45, 2.75) is 19.9 Å². The Morgan fingerprint density at radius 1 is 1.22 bits per heavy atom. The van der Waals surface area contributed by atoms with E-state index in [0.29, 0.717) is 5.56 Å². The molecule has 94 valence electrons. The van der Waals surface area contributed by atoms with Gasteiger partial charge in [-0.2, -0.15) is 0 Å². The molecule has 0 bridgehead atoms. The number of carbonyl (C=O) groups is 1. The molecule has 0 radical (unpaired) electrons. The Morgan fingerprint density at radius 3 is 2.39 bits per heavy atom. The summed E-state index contributed by atoms with van der Waals surface area (Å²) in [6.45, 7) is 4.22. The van der Waals surface area contributed by atoms with E-state index in [-0.39, 0.29) is 6.04 Å². The number of amides is 1. The van der Waals surface area contributed by atoms with E-state index >= 15 is 0 Å². The second-order valence-electron chi connectivity index (χ2n) is 4.26. The normalized spacial score (nSPS) is 12.1. The Bertz CT molecular complexity index is 545. The second kappa shape index (κ2) is 5.23. The van der Waals surface area contributed by atoms with Crippen LogP contribution in [0.5, 0.6) is 0 Å². The number of nitrogens with one attached hydrogen (secondary N) is 1. The van der Waals surface area contributed by atoms with Crippen molar-refractivity contribution in [3.8, 4) is 0 Å². The molecule has 0 saturated heterocycles. The Balaban J connectivity index is 2.07. The first-order valence-electron chi connectivity index (χ1n) is 5.79. The molecule has 0 saturated carbocycles. The van der Waals surface area contributed by atoms with Gasteiger partial charge in [-0.1, -0.05) is 0 Å². The summed E-state index contributed by atoms with van der Waals surface area (Å²) < 4.78 is 0. The summed E-state index contributed by atoms with van der Waals surface area (Å²) in [7, 11) is 0. The van der Waals surface area contributed by atoms with E-state index < -0.39 is 5.91 Å². The van der Waals surface area contributed by atoms with Gasteiger partial charge in [0.1, 0.15) is 0 Å². The van der Waals surface area contributed by atoms with Crippen LogP contribution in [0.4, 0.5) is 5.69 Å². The van der Waals surface area contributed by atoms with E-state index in [2.05, 4.69) is 31.3 Å². The molecule has 1 heterocycles. The fraction of sp³-hybridized carbons (Fsp3) is 0.214. The largest absolute Gasteiger partial charge is 0.378 e. The van der Waals surface area contributed by atoms with Crippen LogP contribution in [-0.2, 0) is 0 Å². The molecule has 1 aromatic heterocycles. The van der Waals surface area contributed by atoms with Crippen LogP contribution in [0.3, 0.4) is 0 Å². The lowest BCUT2D eigenvalue weighted by molar-refractivity contribution is 0.100. The smallest absolute Gasteiger partial charge is 0.248 e. The highest BCUT2D eigenvalue weighted by atomic mass is 32.1. The average Bonchev–Trinajstić information content (AvgIpc) is 2.76. The highest BCUT2D eigenvalue weighted by Gasteiger charge is 2.07. The summed E-state index contributed by atoms with van der Waals surface area (Å²) in [6, 6.07) is 11.7. The fourth-order valence-corrected chi connectivity index (χ4v) is 2.62. The number of nitrogens with two attached hydrogens (primary N) is 1. The predicted molar refractivity (Wildman–Crippen MR) is 76.1 cm³/mol. The lowest BCUT2D eigenvalue weighted by Gasteiger charge is -2.13. The molecule has 1 unspecified atom stereocenters. The summed E-state index contributed by atoms with van der Waals surface area (Å²) in [4.78, 5) is 13.6. The van der Waals surface area contributed by atoms with Crippen molar-refractivity contribution < 1.29 is 4.79 Å². The fourth-order valence-electron chi connectivity index (χ4n) is 1.74. The van der Waals surface area contributed by atoms with Gasteiger partial charge in [-0.25, -0.2) is 0 Å². The van der Waals surface area contributed by atoms with Crippen molar-refractivity contribution >= 4 is 22.9 Å². The Kier molecular flexibility index (Phi) is 3.67. The second-order valence-corrected chi connectivity index (χ2v) is 5.58. The monoisotopic (exact) mass is 260 g/mol. The maximum atomic E-state index is 11.0. The van der Waals surface area contributed by atoms with Crippen molar-refractivity contribution in [1.29, 1.82) is 0 Å². The molecule has 0 fully saturated rings. The molecule has 1 amide bonds. The van der Waals surface area contributed by atoms with Crippen molar-refractivity contribution in [2.75, 3.05) is 5.32 Å². The van der Waals surface area contributed by atoms with E-state index in [1.807, 2.05) is 12.1 Å². The number of carbonyl (C=O) groups excluding carboxylic acids is 1. The molecule has 3 nitrogen and oxygen atoms in total. The van der Waals surface area contributed by atoms with Crippen molar-refractivity contribution in [1.82, 2.24) is 0 Å². The van der Waals surface area contributed by atoms with E-state index in [4.69, 9.17) is 5.73 Å². The summed E-state index contributed by atoms with van der Waals surface area (Å²) in [5.41, 5.74) is 6.71. The third kappa shape index (κ3) is 2.90. The minimum absolute atomic E-state index is 0.253. The molecule has 18 heavy (non-hydrogen) atoms. The molecule has 2 rings (SSSR count). The number of anilines is 1. The molecule has 0 spiro atoms. The predicted octanol–water partition coefficient (Wildman–Crippen LogP) is 3.33. The zero-order valence-corrected chi connectivity index (χ0v) is 11.3. The molecule has 2 aromatic rings. The molecular formula is C14H16N2OS. The topological polar surface area (TPSA) is 55.1 Å². The molecule has 3 N–H and O–H groups in total. The number of rotatable bonds is 4. The zero-order valence-electron chi connectivity index (χ0n) is 10.4. The minimum Gasteiger partial charge on any atom is -0.378 e. The van der Waals surface area contributed by atoms with Crippen LogP contribution in [0.25, 0.3) is 0 Å². The summed E-state index contributed by atoms with van der Waals surface area (Å²) >= 11 is 1.79. The van der Waals surface area contributed by atoms with Gasteiger partial charge in [-0.15, -0.1) is 11.3 Å². The molecule has 1 aromatic carbocycles. The van der Waals surface area contributed by atoms with Gasteiger partial charge in [-0.3, -0.25) is 4.79 Å². The van der Waals surface area contributed by atoms with Crippen LogP contribution in [0.1, 0.15) is 33.1 Å². The first-order valence-corrected chi connectivity index (χ1v) is 6.60. The number of hydrogen-bond acceptors (Lipinski definition) is 3. The van der Waals surface area contributed by atoms with Gasteiger partial charge in [0.05, 0.1) is 6.04 Å². The van der Waals surface area contributed by atoms with Gasteiger partial charge >= 0.3 is 0 Å². The van der Waals surface area contributed by atoms with Crippen LogP contribution in [0, 0.1) is 6.92 Å². The number of aryl methyl sites for hydroxylation is 1. The van der Waals surface area contributed by atoms with Crippen LogP contribution in [-0.4, -0.2) is 5.91 Å². The Labute approximate surface area is 111 Å². The first kappa shape index (κ1) is 12.6. The highest BCUT2D eigenvalue weighted by Crippen LogP contribution is 2.25. The summed E-state index contributed by atoms with van der Waals surface area (Å²) in [5, 5.41) is 3.40. The molecular weight excluding hydrogens is 244 g/mol. The zero-order chi connectivity index (χ0) is 13.1. The van der Waals surface area contributed by atoms with Gasteiger partial charge in [0.25, 0.3) is 0 Å². The third-order valence-electron chi connectivity index (χ3n) is 2.74. The van der Waals surface area contributed by atoms with E-state index in [9.17, 15) is 4.79 Å². The maximum absolute atomic E-state index is 11.0. The van der Waals surface area contributed by atoms with Crippen LogP contribution >= 0.6 is 11.3 Å². The van der Waals surface area contributed by atoms with Gasteiger partial charge in [0, 0.05) is 21.0 Å². The molecule has 0 aliphatic carbocycles. The van der Waals surface area contributed by atoms with Crippen LogP contribution in [0.2, 0.25) is 0 Å². The Morgan fingerprint density at radius 2 is 1.89 bits per heavy atom. The molecule has 4 heteroatoms. The third-order valence-corrected chi connectivity index (χ3v) is 3.92. The molecule has 0 aliphatic rings. The molecule has 1 atom stereocenters.